The van der Waals surface area contributed by atoms with Crippen molar-refractivity contribution < 1.29 is 32.3 Å². The molecule has 2 amide bonds. The number of carbonyl (C=O) groups excluding carboxylic acids is 3. The quantitative estimate of drug-likeness (QED) is 0.327. The van der Waals surface area contributed by atoms with E-state index in [1.165, 1.54) is 6.92 Å². The maximum absolute atomic E-state index is 14.0. The summed E-state index contributed by atoms with van der Waals surface area (Å²) in [6.45, 7) is 5.44. The van der Waals surface area contributed by atoms with Crippen LogP contribution in [0.25, 0.3) is 16.9 Å². The van der Waals surface area contributed by atoms with E-state index in [9.17, 15) is 27.6 Å². The lowest BCUT2D eigenvalue weighted by molar-refractivity contribution is -0.142. The van der Waals surface area contributed by atoms with E-state index in [0.29, 0.717) is 10.1 Å². The third-order valence-corrected chi connectivity index (χ3v) is 7.09. The molecule has 3 heterocycles. The highest BCUT2D eigenvalue weighted by Gasteiger charge is 2.36. The Balaban J connectivity index is 1.83. The summed E-state index contributed by atoms with van der Waals surface area (Å²) in [5.41, 5.74) is 5.15. The molecule has 0 aliphatic rings. The number of hydrogen-bond donors (Lipinski definition) is 2. The van der Waals surface area contributed by atoms with Crippen molar-refractivity contribution in [3.63, 3.8) is 0 Å². The molecule has 0 saturated heterocycles. The molecule has 13 heteroatoms. The van der Waals surface area contributed by atoms with Gasteiger partial charge in [-0.15, -0.1) is 11.3 Å². The first kappa shape index (κ1) is 26.8. The Hall–Kier alpha value is -4.26. The number of ether oxygens (including phenoxy) is 1. The van der Waals surface area contributed by atoms with Crippen molar-refractivity contribution in [3.8, 4) is 11.3 Å². The molecule has 0 atom stereocenters. The second kappa shape index (κ2) is 9.89. The van der Waals surface area contributed by atoms with Crippen LogP contribution in [0, 0.1) is 6.92 Å². The smallest absolute Gasteiger partial charge is 0.433 e. The molecule has 0 unspecified atom stereocenters. The first-order valence-electron chi connectivity index (χ1n) is 11.2. The summed E-state index contributed by atoms with van der Waals surface area (Å²) in [6, 6.07) is 7.78. The van der Waals surface area contributed by atoms with Crippen molar-refractivity contribution in [2.45, 2.75) is 32.9 Å². The van der Waals surface area contributed by atoms with E-state index in [4.69, 9.17) is 10.5 Å². The third kappa shape index (κ3) is 4.84. The zero-order chi connectivity index (χ0) is 27.9. The highest BCUT2D eigenvalue weighted by Crippen LogP contribution is 2.35. The lowest BCUT2D eigenvalue weighted by Crippen LogP contribution is -2.16. The average molecular weight is 546 g/mol. The summed E-state index contributed by atoms with van der Waals surface area (Å²) in [4.78, 5) is 41.7. The second-order valence-corrected chi connectivity index (χ2v) is 9.69. The fourth-order valence-electron chi connectivity index (χ4n) is 3.87. The number of aromatic nitrogens is 3. The number of rotatable bonds is 6. The highest BCUT2D eigenvalue weighted by molar-refractivity contribution is 7.18. The monoisotopic (exact) mass is 545 g/mol. The number of methoxy groups -OCH3 is 1. The van der Waals surface area contributed by atoms with Crippen LogP contribution in [-0.2, 0) is 10.9 Å². The minimum Gasteiger partial charge on any atom is -0.465 e. The van der Waals surface area contributed by atoms with Gasteiger partial charge in [0.25, 0.3) is 11.8 Å². The molecule has 0 spiro atoms. The van der Waals surface area contributed by atoms with Gasteiger partial charge >= 0.3 is 12.1 Å². The summed E-state index contributed by atoms with van der Waals surface area (Å²) in [5, 5.41) is 6.17. The van der Waals surface area contributed by atoms with Gasteiger partial charge in [0.15, 0.2) is 11.3 Å². The number of anilines is 1. The molecule has 9 nitrogen and oxygen atoms in total. The minimum absolute atomic E-state index is 0.00656. The Morgan fingerprint density at radius 1 is 1.16 bits per heavy atom. The van der Waals surface area contributed by atoms with Crippen LogP contribution >= 0.6 is 11.3 Å². The average Bonchev–Trinajstić information content (AvgIpc) is 3.43. The van der Waals surface area contributed by atoms with Gasteiger partial charge in [0.2, 0.25) is 0 Å². The summed E-state index contributed by atoms with van der Waals surface area (Å²) < 4.78 is 47.2. The second-order valence-electron chi connectivity index (χ2n) is 8.67. The van der Waals surface area contributed by atoms with Gasteiger partial charge in [-0.2, -0.15) is 18.3 Å². The fourth-order valence-corrected chi connectivity index (χ4v) is 4.91. The fraction of sp³-hybridized carbons (Fsp3) is 0.240. The van der Waals surface area contributed by atoms with E-state index in [2.05, 4.69) is 15.4 Å². The van der Waals surface area contributed by atoms with Crippen molar-refractivity contribution in [2.24, 2.45) is 5.73 Å². The number of thiophene rings is 1. The van der Waals surface area contributed by atoms with Gasteiger partial charge in [0, 0.05) is 5.56 Å². The molecule has 0 saturated carbocycles. The maximum Gasteiger partial charge on any atom is 0.433 e. The number of alkyl halides is 3. The standard InChI is InChI=1S/C25H22F3N5O4S/c1-11(2)13-5-7-14(8-6-13)16-9-17(25(26,27)28)33-21(31-16)15(10-30-33)22(35)32-23-18(24(36)37-4)12(3)19(38-23)20(29)34/h5-11H,1-4H3,(H2,29,34)(H,32,35). The minimum atomic E-state index is -4.80. The van der Waals surface area contributed by atoms with Crippen LogP contribution in [0.3, 0.4) is 0 Å². The first-order valence-corrected chi connectivity index (χ1v) is 12.0. The number of esters is 1. The van der Waals surface area contributed by atoms with Gasteiger partial charge < -0.3 is 15.8 Å². The molecular formula is C25H22F3N5O4S. The summed E-state index contributed by atoms with van der Waals surface area (Å²) in [7, 11) is 1.12. The Morgan fingerprint density at radius 3 is 2.37 bits per heavy atom. The van der Waals surface area contributed by atoms with Gasteiger partial charge in [-0.05, 0) is 30.0 Å². The zero-order valence-corrected chi connectivity index (χ0v) is 21.5. The number of benzene rings is 1. The Bertz CT molecular complexity index is 1570. The number of nitrogens with zero attached hydrogens (tertiary/aromatic N) is 3. The number of fused-ring (bicyclic) bond motifs is 1. The van der Waals surface area contributed by atoms with Gasteiger partial charge in [-0.1, -0.05) is 38.1 Å². The molecule has 0 aliphatic carbocycles. The lowest BCUT2D eigenvalue weighted by atomic mass is 10.0. The Kier molecular flexibility index (Phi) is 6.98. The topological polar surface area (TPSA) is 129 Å². The van der Waals surface area contributed by atoms with Crippen molar-refractivity contribution in [1.29, 1.82) is 0 Å². The summed E-state index contributed by atoms with van der Waals surface area (Å²) in [6.07, 6.45) is -3.85. The van der Waals surface area contributed by atoms with E-state index in [1.807, 2.05) is 13.8 Å². The number of nitrogens with one attached hydrogen (secondary N) is 1. The lowest BCUT2D eigenvalue weighted by Gasteiger charge is -2.12. The molecule has 0 radical (unpaired) electrons. The first-order chi connectivity index (χ1) is 17.8. The van der Waals surface area contributed by atoms with Crippen LogP contribution in [0.15, 0.2) is 36.5 Å². The number of carbonyl (C=O) groups is 3. The van der Waals surface area contributed by atoms with Crippen molar-refractivity contribution in [1.82, 2.24) is 14.6 Å². The number of nitrogens with two attached hydrogens (primary N) is 1. The Morgan fingerprint density at radius 2 is 1.82 bits per heavy atom. The predicted octanol–water partition coefficient (Wildman–Crippen LogP) is 5.05. The van der Waals surface area contributed by atoms with Crippen molar-refractivity contribution in [2.75, 3.05) is 12.4 Å². The third-order valence-electron chi connectivity index (χ3n) is 5.87. The molecule has 0 bridgehead atoms. The number of amides is 2. The van der Waals surface area contributed by atoms with Gasteiger partial charge in [-0.25, -0.2) is 14.3 Å². The van der Waals surface area contributed by atoms with Gasteiger partial charge in [0.1, 0.15) is 10.6 Å². The van der Waals surface area contributed by atoms with Crippen LogP contribution in [0.1, 0.15) is 67.0 Å². The molecular weight excluding hydrogens is 523 g/mol. The van der Waals surface area contributed by atoms with Crippen LogP contribution in [0.4, 0.5) is 18.2 Å². The molecule has 0 fully saturated rings. The molecule has 3 N–H and O–H groups in total. The largest absolute Gasteiger partial charge is 0.465 e. The molecule has 0 aliphatic heterocycles. The maximum atomic E-state index is 14.0. The number of primary amides is 1. The number of hydrogen-bond acceptors (Lipinski definition) is 7. The van der Waals surface area contributed by atoms with Crippen molar-refractivity contribution >= 4 is 39.8 Å². The van der Waals surface area contributed by atoms with E-state index in [0.717, 1.165) is 36.3 Å². The van der Waals surface area contributed by atoms with Gasteiger partial charge in [-0.3, -0.25) is 9.59 Å². The van der Waals surface area contributed by atoms with Gasteiger partial charge in [0.05, 0.1) is 29.4 Å². The molecule has 4 aromatic rings. The normalized spacial score (nSPS) is 11.7. The molecule has 38 heavy (non-hydrogen) atoms. The SMILES string of the molecule is COC(=O)c1c(NC(=O)c2cnn3c(C(F)(F)F)cc(-c4ccc(C(C)C)cc4)nc23)sc(C(N)=O)c1C. The van der Waals surface area contributed by atoms with E-state index >= 15 is 0 Å². The molecule has 1 aromatic carbocycles. The van der Waals surface area contributed by atoms with E-state index in [-0.39, 0.29) is 43.8 Å². The molecule has 3 aromatic heterocycles. The molecule has 198 valence electrons. The molecule has 4 rings (SSSR count). The summed E-state index contributed by atoms with van der Waals surface area (Å²) in [5.74, 6) is -2.32. The van der Waals surface area contributed by atoms with Crippen LogP contribution in [0.5, 0.6) is 0 Å². The zero-order valence-electron chi connectivity index (χ0n) is 20.6. The Labute approximate surface area is 218 Å². The van der Waals surface area contributed by atoms with Crippen LogP contribution < -0.4 is 11.1 Å². The van der Waals surface area contributed by atoms with E-state index in [1.54, 1.807) is 24.3 Å². The highest BCUT2D eigenvalue weighted by atomic mass is 32.1. The number of halogens is 3. The van der Waals surface area contributed by atoms with Crippen molar-refractivity contribution in [3.05, 3.63) is 69.4 Å². The van der Waals surface area contributed by atoms with Crippen LogP contribution in [0.2, 0.25) is 0 Å². The predicted molar refractivity (Wildman–Crippen MR) is 134 cm³/mol. The van der Waals surface area contributed by atoms with E-state index < -0.39 is 29.7 Å². The van der Waals surface area contributed by atoms with Crippen LogP contribution in [-0.4, -0.2) is 39.5 Å². The summed E-state index contributed by atoms with van der Waals surface area (Å²) >= 11 is 0.745.